The first-order valence-electron chi connectivity index (χ1n) is 8.75. The number of hydrogen-bond donors (Lipinski definition) is 4. The number of ketones is 1. The zero-order valence-electron chi connectivity index (χ0n) is 15.3. The molecule has 0 amide bonds. The lowest BCUT2D eigenvalue weighted by Gasteiger charge is -2.14. The molecule has 2 heterocycles. The van der Waals surface area contributed by atoms with Gasteiger partial charge in [-0.2, -0.15) is 0 Å². The van der Waals surface area contributed by atoms with Crippen LogP contribution >= 0.6 is 0 Å². The van der Waals surface area contributed by atoms with Gasteiger partial charge in [0.2, 0.25) is 0 Å². The van der Waals surface area contributed by atoms with Crippen LogP contribution in [0.2, 0.25) is 0 Å². The van der Waals surface area contributed by atoms with Crippen molar-refractivity contribution in [1.29, 1.82) is 0 Å². The number of anilines is 4. The molecular formula is C21H16FN3O4. The normalized spacial score (nSPS) is 12.4. The standard InChI is InChI=1S/C21H16FN3O4/c1-10-6-13(22)16(9-17(10)26)24-15-4-5-23-20-19(15)18(27)8-12-7-11(21(28)29)2-3-14(12)25-20/h2-7,9,26H,8H2,1H3,(H,28,29)(H2,23,24,25). The minimum atomic E-state index is -1.09. The number of aryl methyl sites for hydroxylation is 1. The van der Waals surface area contributed by atoms with E-state index in [2.05, 4.69) is 15.6 Å². The third-order valence-corrected chi connectivity index (χ3v) is 4.74. The Morgan fingerprint density at radius 1 is 1.21 bits per heavy atom. The molecule has 8 heteroatoms. The van der Waals surface area contributed by atoms with Gasteiger partial charge in [0, 0.05) is 24.4 Å². The lowest BCUT2D eigenvalue weighted by atomic mass is 10.0. The fourth-order valence-electron chi connectivity index (χ4n) is 3.23. The number of benzene rings is 2. The van der Waals surface area contributed by atoms with Gasteiger partial charge in [0.05, 0.1) is 22.5 Å². The number of rotatable bonds is 3. The number of pyridine rings is 1. The Kier molecular flexibility index (Phi) is 4.38. The third-order valence-electron chi connectivity index (χ3n) is 4.74. The maximum atomic E-state index is 14.3. The van der Waals surface area contributed by atoms with E-state index >= 15 is 0 Å². The van der Waals surface area contributed by atoms with Gasteiger partial charge in [0.25, 0.3) is 0 Å². The van der Waals surface area contributed by atoms with Crippen LogP contribution in [0.4, 0.5) is 27.3 Å². The maximum Gasteiger partial charge on any atom is 0.335 e. The van der Waals surface area contributed by atoms with Crippen LogP contribution in [0.25, 0.3) is 0 Å². The molecule has 0 radical (unpaired) electrons. The second-order valence-electron chi connectivity index (χ2n) is 6.73. The molecule has 146 valence electrons. The van der Waals surface area contributed by atoms with E-state index in [0.29, 0.717) is 22.5 Å². The molecule has 29 heavy (non-hydrogen) atoms. The number of Topliss-reactive ketones (excluding diaryl/α,β-unsaturated/α-hetero) is 1. The molecule has 3 aromatic rings. The fourth-order valence-corrected chi connectivity index (χ4v) is 3.23. The number of carbonyl (C=O) groups excluding carboxylic acids is 1. The van der Waals surface area contributed by atoms with Gasteiger partial charge in [0.1, 0.15) is 17.4 Å². The highest BCUT2D eigenvalue weighted by molar-refractivity contribution is 6.09. The van der Waals surface area contributed by atoms with Gasteiger partial charge < -0.3 is 20.8 Å². The minimum Gasteiger partial charge on any atom is -0.508 e. The molecule has 0 spiro atoms. The third kappa shape index (κ3) is 3.36. The highest BCUT2D eigenvalue weighted by atomic mass is 19.1. The van der Waals surface area contributed by atoms with E-state index in [1.807, 2.05) is 0 Å². The van der Waals surface area contributed by atoms with Gasteiger partial charge in [-0.05, 0) is 48.4 Å². The number of carboxylic acids is 1. The zero-order chi connectivity index (χ0) is 20.7. The number of nitrogens with zero attached hydrogens (tertiary/aromatic N) is 1. The Balaban J connectivity index is 1.76. The van der Waals surface area contributed by atoms with Crippen LogP contribution in [-0.4, -0.2) is 26.9 Å². The van der Waals surface area contributed by atoms with Crippen LogP contribution in [-0.2, 0) is 6.42 Å². The Morgan fingerprint density at radius 2 is 2.00 bits per heavy atom. The number of halogens is 1. The summed E-state index contributed by atoms with van der Waals surface area (Å²) >= 11 is 0. The van der Waals surface area contributed by atoms with Gasteiger partial charge >= 0.3 is 5.97 Å². The summed E-state index contributed by atoms with van der Waals surface area (Å²) in [4.78, 5) is 28.4. The number of phenols is 1. The van der Waals surface area contributed by atoms with Crippen molar-refractivity contribution >= 4 is 34.6 Å². The fraction of sp³-hybridized carbons (Fsp3) is 0.0952. The van der Waals surface area contributed by atoms with E-state index in [0.717, 1.165) is 0 Å². The van der Waals surface area contributed by atoms with Crippen molar-refractivity contribution in [1.82, 2.24) is 4.98 Å². The Bertz CT molecular complexity index is 1180. The molecule has 0 bridgehead atoms. The smallest absolute Gasteiger partial charge is 0.335 e. The lowest BCUT2D eigenvalue weighted by molar-refractivity contribution is 0.0696. The predicted molar refractivity (Wildman–Crippen MR) is 105 cm³/mol. The molecule has 1 aliphatic heterocycles. The van der Waals surface area contributed by atoms with Crippen LogP contribution in [0.3, 0.4) is 0 Å². The van der Waals surface area contributed by atoms with Crippen LogP contribution in [0, 0.1) is 12.7 Å². The summed E-state index contributed by atoms with van der Waals surface area (Å²) < 4.78 is 14.3. The number of carboxylic acid groups (broad SMARTS) is 1. The Morgan fingerprint density at radius 3 is 2.76 bits per heavy atom. The van der Waals surface area contributed by atoms with Crippen molar-refractivity contribution in [2.45, 2.75) is 13.3 Å². The molecule has 0 aliphatic carbocycles. The molecule has 0 unspecified atom stereocenters. The number of aromatic hydroxyl groups is 1. The summed E-state index contributed by atoms with van der Waals surface area (Å²) in [6.45, 7) is 1.58. The number of aromatic carboxylic acids is 1. The number of hydrogen-bond acceptors (Lipinski definition) is 6. The van der Waals surface area contributed by atoms with E-state index in [-0.39, 0.29) is 40.6 Å². The first kappa shape index (κ1) is 18.4. The summed E-state index contributed by atoms with van der Waals surface area (Å²) in [5.74, 6) is -1.77. The van der Waals surface area contributed by atoms with Crippen molar-refractivity contribution in [3.05, 3.63) is 70.7 Å². The molecule has 4 rings (SSSR count). The van der Waals surface area contributed by atoms with Crippen molar-refractivity contribution < 1.29 is 24.2 Å². The Labute approximate surface area is 164 Å². The molecule has 1 aliphatic rings. The molecule has 0 saturated carbocycles. The molecule has 2 aromatic carbocycles. The average molecular weight is 393 g/mol. The van der Waals surface area contributed by atoms with Gasteiger partial charge in [0.15, 0.2) is 5.78 Å². The lowest BCUT2D eigenvalue weighted by Crippen LogP contribution is -2.08. The number of fused-ring (bicyclic) bond motifs is 2. The molecule has 4 N–H and O–H groups in total. The van der Waals surface area contributed by atoms with Crippen molar-refractivity contribution in [3.63, 3.8) is 0 Å². The van der Waals surface area contributed by atoms with Crippen LogP contribution < -0.4 is 10.6 Å². The second-order valence-corrected chi connectivity index (χ2v) is 6.73. The molecule has 0 saturated heterocycles. The minimum absolute atomic E-state index is 0.0178. The van der Waals surface area contributed by atoms with Crippen LogP contribution in [0.5, 0.6) is 5.75 Å². The van der Waals surface area contributed by atoms with Gasteiger partial charge in [-0.15, -0.1) is 0 Å². The summed E-state index contributed by atoms with van der Waals surface area (Å²) in [7, 11) is 0. The van der Waals surface area contributed by atoms with E-state index in [1.54, 1.807) is 13.0 Å². The molecule has 7 nitrogen and oxygen atoms in total. The second kappa shape index (κ2) is 6.90. The van der Waals surface area contributed by atoms with Crippen molar-refractivity contribution in [3.8, 4) is 5.75 Å². The van der Waals surface area contributed by atoms with E-state index in [9.17, 15) is 24.2 Å². The number of nitrogens with one attached hydrogen (secondary N) is 2. The van der Waals surface area contributed by atoms with Gasteiger partial charge in [-0.1, -0.05) is 0 Å². The maximum absolute atomic E-state index is 14.3. The first-order chi connectivity index (χ1) is 13.8. The predicted octanol–water partition coefficient (Wildman–Crippen LogP) is 4.16. The van der Waals surface area contributed by atoms with Crippen LogP contribution in [0.15, 0.2) is 42.6 Å². The van der Waals surface area contributed by atoms with E-state index < -0.39 is 11.8 Å². The summed E-state index contributed by atoms with van der Waals surface area (Å²) in [6, 6.07) is 8.45. The monoisotopic (exact) mass is 393 g/mol. The average Bonchev–Trinajstić information content (AvgIpc) is 2.81. The Hall–Kier alpha value is -3.94. The van der Waals surface area contributed by atoms with Crippen molar-refractivity contribution in [2.24, 2.45) is 0 Å². The van der Waals surface area contributed by atoms with Gasteiger partial charge in [-0.3, -0.25) is 4.79 Å². The molecule has 1 aromatic heterocycles. The first-order valence-corrected chi connectivity index (χ1v) is 8.75. The number of carbonyl (C=O) groups is 2. The van der Waals surface area contributed by atoms with Crippen LogP contribution in [0.1, 0.15) is 31.8 Å². The quantitative estimate of drug-likeness (QED) is 0.529. The summed E-state index contributed by atoms with van der Waals surface area (Å²) in [5, 5.41) is 25.0. The van der Waals surface area contributed by atoms with E-state index in [1.165, 1.54) is 36.5 Å². The van der Waals surface area contributed by atoms with E-state index in [4.69, 9.17) is 0 Å². The largest absolute Gasteiger partial charge is 0.508 e. The highest BCUT2D eigenvalue weighted by Gasteiger charge is 2.25. The topological polar surface area (TPSA) is 112 Å². The van der Waals surface area contributed by atoms with Gasteiger partial charge in [-0.25, -0.2) is 14.2 Å². The van der Waals surface area contributed by atoms with Crippen molar-refractivity contribution in [2.75, 3.05) is 10.6 Å². The summed E-state index contributed by atoms with van der Waals surface area (Å²) in [6.07, 6.45) is 1.42. The highest BCUT2D eigenvalue weighted by Crippen LogP contribution is 2.35. The summed E-state index contributed by atoms with van der Waals surface area (Å²) in [5.41, 5.74) is 2.13. The zero-order valence-corrected chi connectivity index (χ0v) is 15.3. The number of aromatic nitrogens is 1. The molecule has 0 atom stereocenters. The number of phenolic OH excluding ortho intramolecular Hbond substituents is 1. The molecule has 0 fully saturated rings. The molecular weight excluding hydrogens is 377 g/mol. The SMILES string of the molecule is Cc1cc(F)c(Nc2ccnc3c2C(=O)Cc2cc(C(=O)O)ccc2N3)cc1O.